The first-order chi connectivity index (χ1) is 21.7. The highest BCUT2D eigenvalue weighted by molar-refractivity contribution is 5.88. The molecule has 0 aromatic heterocycles. The molecule has 0 aromatic rings. The van der Waals surface area contributed by atoms with Crippen molar-refractivity contribution >= 4 is 11.9 Å². The van der Waals surface area contributed by atoms with Crippen LogP contribution in [0.3, 0.4) is 0 Å². The van der Waals surface area contributed by atoms with Crippen LogP contribution in [0.15, 0.2) is 83.1 Å². The second-order valence-corrected chi connectivity index (χ2v) is 10.9. The summed E-state index contributed by atoms with van der Waals surface area (Å²) in [5.74, 6) is -1.86. The fourth-order valence-electron chi connectivity index (χ4n) is 4.10. The Morgan fingerprint density at radius 1 is 0.630 bits per heavy atom. The number of allylic oxidation sites excluding steroid dienone is 12. The number of aliphatic hydroxyl groups is 7. The molecule has 0 amide bonds. The summed E-state index contributed by atoms with van der Waals surface area (Å²) in [5.41, 5.74) is 2.11. The van der Waals surface area contributed by atoms with Crippen molar-refractivity contribution in [3.63, 3.8) is 0 Å². The number of hydrogen-bond donors (Lipinski definition) is 8. The predicted molar refractivity (Wildman–Crippen MR) is 163 cm³/mol. The fraction of sp³-hybridized carbons (Fsp3) is 0.500. The second kappa shape index (κ2) is 18.8. The van der Waals surface area contributed by atoms with Gasteiger partial charge in [-0.25, -0.2) is 9.59 Å². The zero-order valence-electron chi connectivity index (χ0n) is 26.0. The Balaban J connectivity index is 1.94. The number of carboxylic acid groups (broad SMARTS) is 1. The van der Waals surface area contributed by atoms with E-state index in [-0.39, 0.29) is 11.1 Å². The average Bonchev–Trinajstić information content (AvgIpc) is 3.02. The molecule has 2 fully saturated rings. The zero-order valence-corrected chi connectivity index (χ0v) is 26.0. The number of aliphatic hydroxyl groups excluding tert-OH is 7. The molecule has 8 N–H and O–H groups in total. The maximum Gasteiger partial charge on any atom is 0.336 e. The Morgan fingerprint density at radius 3 is 1.63 bits per heavy atom. The van der Waals surface area contributed by atoms with Crippen LogP contribution < -0.4 is 0 Å². The van der Waals surface area contributed by atoms with Crippen LogP contribution in [-0.4, -0.2) is 127 Å². The van der Waals surface area contributed by atoms with E-state index in [1.165, 1.54) is 26.0 Å². The molecule has 0 aromatic carbocycles. The summed E-state index contributed by atoms with van der Waals surface area (Å²) >= 11 is 0. The third-order valence-corrected chi connectivity index (χ3v) is 7.06. The van der Waals surface area contributed by atoms with Crippen molar-refractivity contribution < 1.29 is 69.4 Å². The lowest BCUT2D eigenvalue weighted by atomic mass is 9.98. The van der Waals surface area contributed by atoms with Gasteiger partial charge in [0.25, 0.3) is 0 Å². The molecule has 0 aliphatic carbocycles. The minimum Gasteiger partial charge on any atom is -0.478 e. The highest BCUT2D eigenvalue weighted by Gasteiger charge is 2.48. The van der Waals surface area contributed by atoms with Gasteiger partial charge in [0, 0.05) is 11.1 Å². The third-order valence-electron chi connectivity index (χ3n) is 7.06. The molecule has 2 aliphatic rings. The van der Waals surface area contributed by atoms with Crippen molar-refractivity contribution in [2.24, 2.45) is 0 Å². The summed E-state index contributed by atoms with van der Waals surface area (Å²) in [6.45, 7) is 5.43. The van der Waals surface area contributed by atoms with Crippen LogP contribution >= 0.6 is 0 Å². The van der Waals surface area contributed by atoms with Crippen LogP contribution in [0.2, 0.25) is 0 Å². The molecule has 46 heavy (non-hydrogen) atoms. The van der Waals surface area contributed by atoms with Gasteiger partial charge < -0.3 is 59.8 Å². The highest BCUT2D eigenvalue weighted by atomic mass is 16.7. The van der Waals surface area contributed by atoms with E-state index in [0.29, 0.717) is 0 Å². The summed E-state index contributed by atoms with van der Waals surface area (Å²) in [4.78, 5) is 23.4. The molecule has 2 heterocycles. The molecule has 2 rings (SSSR count). The standard InChI is InChI=1S/C32H44O14/c1-17(11-7-13-19(3)29(40)41)9-5-6-10-18(2)12-8-14-20(4)30(42)46-32-28(39)26(37)24(35)22(45-32)16-43-31-27(38)25(36)23(34)21(15-33)44-31/h5-14,21-28,31-39H,15-16H2,1-4H3,(H,40,41)/b6-5+,11-7+,12-8+,17-9+,18-10+,19-13+,20-14+/t21-,22+,23-,24+,25+,26-,27-,28+,31-,32-/m0/s1. The molecule has 0 bridgehead atoms. The SMILES string of the molecule is CC(/C=C/C=C(\C)C(=O)O)=C\C=C\C=C(C)\C=C\C=C(/C)C(=O)O[C@@H]1O[C@H](CO[C@H]2O[C@@H](CO)[C@H](O)[C@@H](O)[C@@H]2O)[C@@H](O)[C@H](O)[C@H]1O. The Bertz CT molecular complexity index is 1240. The molecular weight excluding hydrogens is 608 g/mol. The van der Waals surface area contributed by atoms with Crippen LogP contribution in [0.1, 0.15) is 27.7 Å². The van der Waals surface area contributed by atoms with E-state index in [2.05, 4.69) is 0 Å². The van der Waals surface area contributed by atoms with Crippen LogP contribution in [0.25, 0.3) is 0 Å². The number of rotatable bonds is 13. The van der Waals surface area contributed by atoms with E-state index in [0.717, 1.165) is 11.1 Å². The summed E-state index contributed by atoms with van der Waals surface area (Å²) < 4.78 is 21.3. The highest BCUT2D eigenvalue weighted by Crippen LogP contribution is 2.26. The molecule has 256 valence electrons. The number of hydrogen-bond acceptors (Lipinski definition) is 13. The summed E-state index contributed by atoms with van der Waals surface area (Å²) in [5, 5.41) is 79.1. The zero-order chi connectivity index (χ0) is 34.6. The van der Waals surface area contributed by atoms with Gasteiger partial charge in [0.1, 0.15) is 48.8 Å². The van der Waals surface area contributed by atoms with Gasteiger partial charge in [-0.1, -0.05) is 71.9 Å². The molecule has 0 spiro atoms. The number of ether oxygens (including phenoxy) is 4. The van der Waals surface area contributed by atoms with Crippen molar-refractivity contribution in [3.8, 4) is 0 Å². The van der Waals surface area contributed by atoms with Crippen LogP contribution in [-0.2, 0) is 28.5 Å². The molecule has 0 radical (unpaired) electrons. The topological polar surface area (TPSA) is 233 Å². The Morgan fingerprint density at radius 2 is 1.11 bits per heavy atom. The van der Waals surface area contributed by atoms with E-state index >= 15 is 0 Å². The smallest absolute Gasteiger partial charge is 0.336 e. The number of esters is 1. The van der Waals surface area contributed by atoms with E-state index in [1.807, 2.05) is 32.1 Å². The Kier molecular flexibility index (Phi) is 15.9. The van der Waals surface area contributed by atoms with Crippen LogP contribution in [0, 0.1) is 0 Å². The molecule has 0 unspecified atom stereocenters. The second-order valence-electron chi connectivity index (χ2n) is 10.9. The largest absolute Gasteiger partial charge is 0.478 e. The monoisotopic (exact) mass is 652 g/mol. The average molecular weight is 653 g/mol. The maximum absolute atomic E-state index is 12.6. The molecule has 2 aliphatic heterocycles. The minimum atomic E-state index is -1.80. The van der Waals surface area contributed by atoms with Crippen molar-refractivity contribution in [2.45, 2.75) is 89.1 Å². The van der Waals surface area contributed by atoms with Gasteiger partial charge in [0.15, 0.2) is 6.29 Å². The van der Waals surface area contributed by atoms with Gasteiger partial charge >= 0.3 is 11.9 Å². The van der Waals surface area contributed by atoms with Crippen molar-refractivity contribution in [2.75, 3.05) is 13.2 Å². The first kappa shape index (κ1) is 38.9. The fourth-order valence-corrected chi connectivity index (χ4v) is 4.10. The van der Waals surface area contributed by atoms with Gasteiger partial charge in [-0.3, -0.25) is 0 Å². The van der Waals surface area contributed by atoms with E-state index in [4.69, 9.17) is 24.1 Å². The quantitative estimate of drug-likeness (QED) is 0.0725. The van der Waals surface area contributed by atoms with Crippen molar-refractivity contribution in [1.29, 1.82) is 0 Å². The van der Waals surface area contributed by atoms with Crippen molar-refractivity contribution in [1.82, 2.24) is 0 Å². The summed E-state index contributed by atoms with van der Waals surface area (Å²) in [6, 6.07) is 0. The first-order valence-electron chi connectivity index (χ1n) is 14.5. The number of carboxylic acids is 1. The maximum atomic E-state index is 12.6. The first-order valence-corrected chi connectivity index (χ1v) is 14.5. The number of carbonyl (C=O) groups excluding carboxylic acids is 1. The van der Waals surface area contributed by atoms with Crippen LogP contribution in [0.5, 0.6) is 0 Å². The molecule has 14 heteroatoms. The molecule has 0 saturated carbocycles. The van der Waals surface area contributed by atoms with Gasteiger partial charge in [-0.05, 0) is 27.7 Å². The van der Waals surface area contributed by atoms with Crippen LogP contribution in [0.4, 0.5) is 0 Å². The Hall–Kier alpha value is -3.28. The minimum absolute atomic E-state index is 0.127. The normalized spacial score (nSPS) is 33.7. The predicted octanol–water partition coefficient (Wildman–Crippen LogP) is -0.308. The summed E-state index contributed by atoms with van der Waals surface area (Å²) in [7, 11) is 0. The van der Waals surface area contributed by atoms with E-state index in [9.17, 15) is 45.3 Å². The molecule has 10 atom stereocenters. The molecule has 14 nitrogen and oxygen atoms in total. The Labute approximate surface area is 266 Å². The molecule has 2 saturated heterocycles. The van der Waals surface area contributed by atoms with Gasteiger partial charge in [-0.15, -0.1) is 0 Å². The van der Waals surface area contributed by atoms with Gasteiger partial charge in [0.05, 0.1) is 13.2 Å². The van der Waals surface area contributed by atoms with Gasteiger partial charge in [0.2, 0.25) is 6.29 Å². The summed E-state index contributed by atoms with van der Waals surface area (Å²) in [6.07, 6.45) is 0.855. The number of aliphatic carboxylic acids is 1. The lowest BCUT2D eigenvalue weighted by Crippen LogP contribution is -2.61. The lowest BCUT2D eigenvalue weighted by Gasteiger charge is -2.42. The lowest BCUT2D eigenvalue weighted by molar-refractivity contribution is -0.326. The molecular formula is C32H44O14. The van der Waals surface area contributed by atoms with E-state index < -0.39 is 86.6 Å². The number of carbonyl (C=O) groups is 2. The third kappa shape index (κ3) is 11.5. The van der Waals surface area contributed by atoms with E-state index in [1.54, 1.807) is 30.4 Å². The van der Waals surface area contributed by atoms with Crippen molar-refractivity contribution in [3.05, 3.63) is 83.1 Å². The van der Waals surface area contributed by atoms with Gasteiger partial charge in [-0.2, -0.15) is 0 Å².